The van der Waals surface area contributed by atoms with E-state index in [1.165, 1.54) is 22.2 Å². The maximum absolute atomic E-state index is 6.04. The van der Waals surface area contributed by atoms with Gasteiger partial charge < -0.3 is 10.3 Å². The fourth-order valence-corrected chi connectivity index (χ4v) is 3.51. The van der Waals surface area contributed by atoms with Gasteiger partial charge in [-0.3, -0.25) is 0 Å². The zero-order valence-electron chi connectivity index (χ0n) is 11.5. The molecule has 3 aromatic rings. The van der Waals surface area contributed by atoms with Gasteiger partial charge in [-0.2, -0.15) is 0 Å². The molecule has 0 radical (unpaired) electrons. The Hall–Kier alpha value is -2.29. The van der Waals surface area contributed by atoms with E-state index in [9.17, 15) is 0 Å². The van der Waals surface area contributed by atoms with Crippen LogP contribution < -0.4 is 5.73 Å². The second kappa shape index (κ2) is 4.10. The highest BCUT2D eigenvalue weighted by atomic mass is 15.0. The summed E-state index contributed by atoms with van der Waals surface area (Å²) in [5.41, 5.74) is 11.3. The van der Waals surface area contributed by atoms with Crippen LogP contribution >= 0.6 is 0 Å². The fourth-order valence-electron chi connectivity index (χ4n) is 3.51. The van der Waals surface area contributed by atoms with Crippen LogP contribution in [-0.2, 0) is 6.42 Å². The predicted molar refractivity (Wildman–Crippen MR) is 81.8 cm³/mol. The van der Waals surface area contributed by atoms with Crippen molar-refractivity contribution in [3.05, 3.63) is 59.4 Å². The van der Waals surface area contributed by atoms with Crippen LogP contribution in [0, 0.1) is 6.92 Å². The summed E-state index contributed by atoms with van der Waals surface area (Å²) in [6.45, 7) is 2.11. The Morgan fingerprint density at radius 1 is 1.25 bits per heavy atom. The molecule has 3 heteroatoms. The molecule has 1 aliphatic carbocycles. The Morgan fingerprint density at radius 3 is 3.00 bits per heavy atom. The molecule has 2 N–H and O–H groups in total. The third-order valence-corrected chi connectivity index (χ3v) is 4.40. The summed E-state index contributed by atoms with van der Waals surface area (Å²) in [4.78, 5) is 4.22. The first kappa shape index (κ1) is 11.5. The summed E-state index contributed by atoms with van der Waals surface area (Å²) < 4.78 is 2.37. The van der Waals surface area contributed by atoms with E-state index in [2.05, 4.69) is 53.0 Å². The number of benzene rings is 1. The van der Waals surface area contributed by atoms with Crippen molar-refractivity contribution >= 4 is 16.7 Å². The minimum absolute atomic E-state index is 0.421. The van der Waals surface area contributed by atoms with E-state index in [1.807, 2.05) is 0 Å². The maximum Gasteiger partial charge on any atom is 0.133 e. The summed E-state index contributed by atoms with van der Waals surface area (Å²) >= 11 is 0. The van der Waals surface area contributed by atoms with Crippen molar-refractivity contribution in [2.75, 3.05) is 5.73 Å². The Labute approximate surface area is 118 Å². The number of nitrogen functional groups attached to an aromatic ring is 1. The molecular weight excluding hydrogens is 246 g/mol. The van der Waals surface area contributed by atoms with Crippen molar-refractivity contribution in [3.8, 4) is 0 Å². The molecule has 2 heterocycles. The third kappa shape index (κ3) is 1.49. The standard InChI is InChI=1S/C17H17N3/c1-11-10-20(15-8-9-19-17(18)16(11)15)14-7-6-12-4-2-3-5-13(12)14/h2-5,8-10,14H,6-7H2,1H3,(H2,18,19). The lowest BCUT2D eigenvalue weighted by atomic mass is 10.1. The monoisotopic (exact) mass is 263 g/mol. The van der Waals surface area contributed by atoms with Crippen LogP contribution in [0.4, 0.5) is 5.82 Å². The van der Waals surface area contributed by atoms with Crippen LogP contribution in [-0.4, -0.2) is 9.55 Å². The van der Waals surface area contributed by atoms with Crippen molar-refractivity contribution in [3.63, 3.8) is 0 Å². The average Bonchev–Trinajstić information content (AvgIpc) is 3.01. The van der Waals surface area contributed by atoms with Crippen LogP contribution in [0.2, 0.25) is 0 Å². The van der Waals surface area contributed by atoms with E-state index < -0.39 is 0 Å². The van der Waals surface area contributed by atoms with Gasteiger partial charge in [0.1, 0.15) is 5.82 Å². The molecule has 0 amide bonds. The highest BCUT2D eigenvalue weighted by Gasteiger charge is 2.25. The molecule has 0 spiro atoms. The Kier molecular flexibility index (Phi) is 2.36. The van der Waals surface area contributed by atoms with E-state index in [-0.39, 0.29) is 0 Å². The van der Waals surface area contributed by atoms with Crippen molar-refractivity contribution in [2.45, 2.75) is 25.8 Å². The molecule has 1 atom stereocenters. The van der Waals surface area contributed by atoms with Gasteiger partial charge in [0.2, 0.25) is 0 Å². The highest BCUT2D eigenvalue weighted by molar-refractivity contribution is 5.92. The van der Waals surface area contributed by atoms with Gasteiger partial charge in [0, 0.05) is 17.8 Å². The van der Waals surface area contributed by atoms with Crippen LogP contribution in [0.25, 0.3) is 10.9 Å². The molecule has 2 aromatic heterocycles. The number of hydrogen-bond acceptors (Lipinski definition) is 2. The number of hydrogen-bond donors (Lipinski definition) is 1. The topological polar surface area (TPSA) is 43.8 Å². The summed E-state index contributed by atoms with van der Waals surface area (Å²) in [7, 11) is 0. The van der Waals surface area contributed by atoms with E-state index in [0.717, 1.165) is 18.2 Å². The summed E-state index contributed by atoms with van der Waals surface area (Å²) in [6, 6.07) is 11.2. The molecule has 100 valence electrons. The molecule has 0 saturated carbocycles. The first-order valence-electron chi connectivity index (χ1n) is 7.05. The zero-order chi connectivity index (χ0) is 13.7. The Bertz CT molecular complexity index is 801. The lowest BCUT2D eigenvalue weighted by Gasteiger charge is -2.15. The van der Waals surface area contributed by atoms with Gasteiger partial charge in [-0.25, -0.2) is 4.98 Å². The predicted octanol–water partition coefficient (Wildman–Crippen LogP) is 3.46. The number of rotatable bonds is 1. The molecule has 1 aromatic carbocycles. The molecule has 0 bridgehead atoms. The third-order valence-electron chi connectivity index (χ3n) is 4.40. The largest absolute Gasteiger partial charge is 0.383 e. The maximum atomic E-state index is 6.04. The van der Waals surface area contributed by atoms with Crippen molar-refractivity contribution in [1.29, 1.82) is 0 Å². The van der Waals surface area contributed by atoms with Gasteiger partial charge in [-0.05, 0) is 42.5 Å². The number of nitrogens with two attached hydrogens (primary N) is 1. The van der Waals surface area contributed by atoms with Gasteiger partial charge in [-0.15, -0.1) is 0 Å². The first-order chi connectivity index (χ1) is 9.75. The molecular formula is C17H17N3. The molecule has 4 rings (SSSR count). The van der Waals surface area contributed by atoms with Crippen molar-refractivity contribution < 1.29 is 0 Å². The quantitative estimate of drug-likeness (QED) is 0.730. The lowest BCUT2D eigenvalue weighted by molar-refractivity contribution is 0.598. The minimum atomic E-state index is 0.421. The number of fused-ring (bicyclic) bond motifs is 2. The Balaban J connectivity index is 1.95. The van der Waals surface area contributed by atoms with Crippen LogP contribution in [0.5, 0.6) is 0 Å². The summed E-state index contributed by atoms with van der Waals surface area (Å²) in [5, 5.41) is 1.09. The molecule has 0 fully saturated rings. The molecule has 3 nitrogen and oxygen atoms in total. The number of aryl methyl sites for hydroxylation is 2. The second-order valence-electron chi connectivity index (χ2n) is 5.56. The lowest BCUT2D eigenvalue weighted by Crippen LogP contribution is -2.06. The van der Waals surface area contributed by atoms with Crippen molar-refractivity contribution in [2.24, 2.45) is 0 Å². The number of nitrogens with zero attached hydrogens (tertiary/aromatic N) is 2. The summed E-state index contributed by atoms with van der Waals surface area (Å²) in [6.07, 6.45) is 6.33. The van der Waals surface area contributed by atoms with Gasteiger partial charge in [-0.1, -0.05) is 24.3 Å². The van der Waals surface area contributed by atoms with E-state index in [4.69, 9.17) is 5.73 Å². The van der Waals surface area contributed by atoms with Crippen LogP contribution in [0.1, 0.15) is 29.2 Å². The van der Waals surface area contributed by atoms with E-state index >= 15 is 0 Å². The number of pyridine rings is 1. The molecule has 1 unspecified atom stereocenters. The van der Waals surface area contributed by atoms with Crippen LogP contribution in [0.3, 0.4) is 0 Å². The van der Waals surface area contributed by atoms with Gasteiger partial charge in [0.05, 0.1) is 11.6 Å². The second-order valence-corrected chi connectivity index (χ2v) is 5.56. The molecule has 1 aliphatic rings. The average molecular weight is 263 g/mol. The van der Waals surface area contributed by atoms with Gasteiger partial charge >= 0.3 is 0 Å². The first-order valence-corrected chi connectivity index (χ1v) is 7.05. The smallest absolute Gasteiger partial charge is 0.133 e. The minimum Gasteiger partial charge on any atom is -0.383 e. The normalized spacial score (nSPS) is 17.6. The SMILES string of the molecule is Cc1cn(C2CCc3ccccc32)c2ccnc(N)c12. The Morgan fingerprint density at radius 2 is 2.10 bits per heavy atom. The van der Waals surface area contributed by atoms with E-state index in [0.29, 0.717) is 11.9 Å². The van der Waals surface area contributed by atoms with Gasteiger partial charge in [0.15, 0.2) is 0 Å². The van der Waals surface area contributed by atoms with Crippen LogP contribution in [0.15, 0.2) is 42.7 Å². The molecule has 0 aliphatic heterocycles. The number of aromatic nitrogens is 2. The molecule has 20 heavy (non-hydrogen) atoms. The van der Waals surface area contributed by atoms with Crippen molar-refractivity contribution in [1.82, 2.24) is 9.55 Å². The highest BCUT2D eigenvalue weighted by Crippen LogP contribution is 2.38. The summed E-state index contributed by atoms with van der Waals surface area (Å²) in [5.74, 6) is 0.630. The molecule has 0 saturated heterocycles. The fraction of sp³-hybridized carbons (Fsp3) is 0.235. The zero-order valence-corrected chi connectivity index (χ0v) is 11.5. The van der Waals surface area contributed by atoms with Gasteiger partial charge in [0.25, 0.3) is 0 Å². The number of anilines is 1. The van der Waals surface area contributed by atoms with E-state index in [1.54, 1.807) is 6.20 Å².